The van der Waals surface area contributed by atoms with E-state index < -0.39 is 17.7 Å². The van der Waals surface area contributed by atoms with E-state index in [1.165, 1.54) is 13.2 Å². The van der Waals surface area contributed by atoms with E-state index in [1.54, 1.807) is 0 Å². The number of nitriles is 1. The lowest BCUT2D eigenvalue weighted by atomic mass is 10.1. The second-order valence-corrected chi connectivity index (χ2v) is 3.14. The quantitative estimate of drug-likeness (QED) is 0.778. The van der Waals surface area contributed by atoms with E-state index in [2.05, 4.69) is 5.32 Å². The molecule has 0 heterocycles. The smallest absolute Gasteiger partial charge is 0.131 e. The van der Waals surface area contributed by atoms with Crippen LogP contribution in [0.2, 0.25) is 0 Å². The first-order chi connectivity index (χ1) is 7.70. The molecule has 0 bridgehead atoms. The summed E-state index contributed by atoms with van der Waals surface area (Å²) in [6, 6.07) is 4.32. The van der Waals surface area contributed by atoms with E-state index in [0.717, 1.165) is 12.1 Å². The normalized spacial score (nSPS) is 12.1. The fourth-order valence-electron chi connectivity index (χ4n) is 1.30. The lowest BCUT2D eigenvalue weighted by molar-refractivity contribution is 0.197. The van der Waals surface area contributed by atoms with Crippen molar-refractivity contribution in [3.05, 3.63) is 35.4 Å². The molecule has 0 aliphatic carbocycles. The Bertz CT molecular complexity index is 370. The molecule has 86 valence electrons. The van der Waals surface area contributed by atoms with Crippen LogP contribution in [0.1, 0.15) is 11.6 Å². The van der Waals surface area contributed by atoms with Crippen LogP contribution in [0.3, 0.4) is 0 Å². The molecule has 0 aliphatic heterocycles. The van der Waals surface area contributed by atoms with Crippen LogP contribution in [0.4, 0.5) is 8.78 Å². The number of methoxy groups -OCH3 is 1. The fourth-order valence-corrected chi connectivity index (χ4v) is 1.30. The molecule has 1 aromatic carbocycles. The van der Waals surface area contributed by atoms with Crippen molar-refractivity contribution in [2.24, 2.45) is 0 Å². The standard InChI is InChI=1S/C11H12F2N2O/c1-16-6-5-15-10(7-14)11-8(12)3-2-4-9(11)13/h2-4,10,15H,5-6H2,1H3. The van der Waals surface area contributed by atoms with Crippen molar-refractivity contribution in [2.75, 3.05) is 20.3 Å². The minimum Gasteiger partial charge on any atom is -0.383 e. The molecule has 1 N–H and O–H groups in total. The van der Waals surface area contributed by atoms with Crippen molar-refractivity contribution in [3.8, 4) is 6.07 Å². The minimum absolute atomic E-state index is 0.249. The molecule has 0 spiro atoms. The van der Waals surface area contributed by atoms with Gasteiger partial charge in [0, 0.05) is 13.7 Å². The highest BCUT2D eigenvalue weighted by molar-refractivity contribution is 5.27. The topological polar surface area (TPSA) is 45.0 Å². The van der Waals surface area contributed by atoms with E-state index in [-0.39, 0.29) is 5.56 Å². The highest BCUT2D eigenvalue weighted by atomic mass is 19.1. The molecule has 0 amide bonds. The van der Waals surface area contributed by atoms with Gasteiger partial charge >= 0.3 is 0 Å². The molecule has 1 aromatic rings. The van der Waals surface area contributed by atoms with E-state index >= 15 is 0 Å². The van der Waals surface area contributed by atoms with Crippen molar-refractivity contribution in [1.82, 2.24) is 5.32 Å². The Kier molecular flexibility index (Phi) is 4.83. The Morgan fingerprint density at radius 2 is 2.06 bits per heavy atom. The summed E-state index contributed by atoms with van der Waals surface area (Å²) >= 11 is 0. The van der Waals surface area contributed by atoms with Gasteiger partial charge in [0.15, 0.2) is 0 Å². The van der Waals surface area contributed by atoms with Gasteiger partial charge in [-0.1, -0.05) is 6.07 Å². The first-order valence-electron chi connectivity index (χ1n) is 4.76. The number of halogens is 2. The summed E-state index contributed by atoms with van der Waals surface area (Å²) in [4.78, 5) is 0. The first kappa shape index (κ1) is 12.6. The Morgan fingerprint density at radius 1 is 1.44 bits per heavy atom. The molecule has 0 aromatic heterocycles. The third-order valence-electron chi connectivity index (χ3n) is 2.07. The largest absolute Gasteiger partial charge is 0.383 e. The Balaban J connectivity index is 2.83. The number of ether oxygens (including phenoxy) is 1. The number of benzene rings is 1. The number of hydrogen-bond acceptors (Lipinski definition) is 3. The molecule has 0 saturated carbocycles. The molecule has 0 fully saturated rings. The molecule has 0 aliphatic rings. The van der Waals surface area contributed by atoms with E-state index in [0.29, 0.717) is 13.2 Å². The van der Waals surface area contributed by atoms with Gasteiger partial charge in [0.1, 0.15) is 17.7 Å². The number of rotatable bonds is 5. The van der Waals surface area contributed by atoms with Crippen LogP contribution in [0.15, 0.2) is 18.2 Å². The third kappa shape index (κ3) is 2.99. The summed E-state index contributed by atoms with van der Waals surface area (Å²) in [5.74, 6) is -1.45. The zero-order chi connectivity index (χ0) is 12.0. The van der Waals surface area contributed by atoms with Gasteiger partial charge in [-0.05, 0) is 12.1 Å². The minimum atomic E-state index is -1.00. The summed E-state index contributed by atoms with van der Waals surface area (Å²) in [5.41, 5.74) is -0.249. The van der Waals surface area contributed by atoms with Crippen LogP contribution < -0.4 is 5.32 Å². The van der Waals surface area contributed by atoms with Crippen LogP contribution in [0.5, 0.6) is 0 Å². The molecule has 5 heteroatoms. The molecule has 0 saturated heterocycles. The lowest BCUT2D eigenvalue weighted by Crippen LogP contribution is -2.25. The zero-order valence-corrected chi connectivity index (χ0v) is 8.84. The van der Waals surface area contributed by atoms with Gasteiger partial charge in [-0.15, -0.1) is 0 Å². The summed E-state index contributed by atoms with van der Waals surface area (Å²) < 4.78 is 31.4. The van der Waals surface area contributed by atoms with Crippen LogP contribution >= 0.6 is 0 Å². The summed E-state index contributed by atoms with van der Waals surface area (Å²) in [6.07, 6.45) is 0. The maximum absolute atomic E-state index is 13.3. The second kappa shape index (κ2) is 6.16. The van der Waals surface area contributed by atoms with Crippen molar-refractivity contribution in [2.45, 2.75) is 6.04 Å². The highest BCUT2D eigenvalue weighted by Crippen LogP contribution is 2.19. The van der Waals surface area contributed by atoms with Gasteiger partial charge in [0.25, 0.3) is 0 Å². The van der Waals surface area contributed by atoms with Crippen LogP contribution in [0, 0.1) is 23.0 Å². The zero-order valence-electron chi connectivity index (χ0n) is 8.84. The lowest BCUT2D eigenvalue weighted by Gasteiger charge is -2.12. The summed E-state index contributed by atoms with van der Waals surface area (Å²) in [5, 5.41) is 11.5. The van der Waals surface area contributed by atoms with Gasteiger partial charge in [0.05, 0.1) is 18.2 Å². The van der Waals surface area contributed by atoms with E-state index in [4.69, 9.17) is 10.00 Å². The Labute approximate surface area is 92.6 Å². The van der Waals surface area contributed by atoms with Crippen LogP contribution in [-0.4, -0.2) is 20.3 Å². The second-order valence-electron chi connectivity index (χ2n) is 3.14. The van der Waals surface area contributed by atoms with Gasteiger partial charge in [-0.3, -0.25) is 5.32 Å². The first-order valence-corrected chi connectivity index (χ1v) is 4.76. The molecular formula is C11H12F2N2O. The average Bonchev–Trinajstić information content (AvgIpc) is 2.26. The van der Waals surface area contributed by atoms with E-state index in [1.807, 2.05) is 6.07 Å². The maximum atomic E-state index is 13.3. The average molecular weight is 226 g/mol. The third-order valence-corrected chi connectivity index (χ3v) is 2.07. The monoisotopic (exact) mass is 226 g/mol. The molecule has 0 radical (unpaired) electrons. The van der Waals surface area contributed by atoms with Crippen molar-refractivity contribution >= 4 is 0 Å². The predicted octanol–water partition coefficient (Wildman–Crippen LogP) is 1.77. The number of nitrogens with one attached hydrogen (secondary N) is 1. The van der Waals surface area contributed by atoms with Gasteiger partial charge < -0.3 is 4.74 Å². The van der Waals surface area contributed by atoms with Crippen molar-refractivity contribution in [3.63, 3.8) is 0 Å². The molecule has 1 atom stereocenters. The summed E-state index contributed by atoms with van der Waals surface area (Å²) in [7, 11) is 1.51. The van der Waals surface area contributed by atoms with E-state index in [9.17, 15) is 8.78 Å². The molecule has 3 nitrogen and oxygen atoms in total. The van der Waals surface area contributed by atoms with Gasteiger partial charge in [0.2, 0.25) is 0 Å². The van der Waals surface area contributed by atoms with Gasteiger partial charge in [-0.25, -0.2) is 8.78 Å². The predicted molar refractivity (Wildman–Crippen MR) is 54.6 cm³/mol. The number of nitrogens with zero attached hydrogens (tertiary/aromatic N) is 1. The maximum Gasteiger partial charge on any atom is 0.131 e. The van der Waals surface area contributed by atoms with Crippen LogP contribution in [-0.2, 0) is 4.74 Å². The van der Waals surface area contributed by atoms with Crippen molar-refractivity contribution < 1.29 is 13.5 Å². The van der Waals surface area contributed by atoms with Crippen molar-refractivity contribution in [1.29, 1.82) is 5.26 Å². The number of hydrogen-bond donors (Lipinski definition) is 1. The highest BCUT2D eigenvalue weighted by Gasteiger charge is 2.18. The fraction of sp³-hybridized carbons (Fsp3) is 0.364. The molecule has 16 heavy (non-hydrogen) atoms. The molecule has 1 unspecified atom stereocenters. The molecule has 1 rings (SSSR count). The molecular weight excluding hydrogens is 214 g/mol. The SMILES string of the molecule is COCCNC(C#N)c1c(F)cccc1F. The Hall–Kier alpha value is -1.51. The summed E-state index contributed by atoms with van der Waals surface area (Å²) in [6.45, 7) is 0.719. The van der Waals surface area contributed by atoms with Gasteiger partial charge in [-0.2, -0.15) is 5.26 Å². The Morgan fingerprint density at radius 3 is 2.56 bits per heavy atom. The van der Waals surface area contributed by atoms with Crippen LogP contribution in [0.25, 0.3) is 0 Å².